The molecule has 6 heteroatoms. The highest BCUT2D eigenvalue weighted by Gasteiger charge is 2.07. The maximum absolute atomic E-state index is 12.0. The first-order chi connectivity index (χ1) is 8.17. The Morgan fingerprint density at radius 3 is 2.94 bits per heavy atom. The minimum Gasteiger partial charge on any atom is -0.402 e. The maximum atomic E-state index is 12.0. The van der Waals surface area contributed by atoms with Gasteiger partial charge in [-0.25, -0.2) is 4.98 Å². The topological polar surface area (TPSA) is 59.8 Å². The standard InChI is InChI=1S/C11H14BN4O/c1-4-16-9-8(5-7(2)10(16)17)6-13-11(14-9)15-12-3/h5-6H,4H2,1-3H3,(H,13,14,15). The Morgan fingerprint density at radius 2 is 2.29 bits per heavy atom. The number of aryl methyl sites for hydroxylation is 2. The molecular formula is C11H14BN4O. The van der Waals surface area contributed by atoms with Gasteiger partial charge in [-0.2, -0.15) is 4.98 Å². The smallest absolute Gasteiger partial charge is 0.255 e. The zero-order chi connectivity index (χ0) is 12.4. The number of pyridine rings is 1. The molecule has 2 heterocycles. The number of nitrogens with zero attached hydrogens (tertiary/aromatic N) is 3. The predicted molar refractivity (Wildman–Crippen MR) is 69.4 cm³/mol. The Balaban J connectivity index is 2.74. The van der Waals surface area contributed by atoms with E-state index in [-0.39, 0.29) is 5.56 Å². The third kappa shape index (κ3) is 2.02. The third-order valence-corrected chi connectivity index (χ3v) is 2.60. The van der Waals surface area contributed by atoms with Gasteiger partial charge in [-0.05, 0) is 19.9 Å². The fourth-order valence-electron chi connectivity index (χ4n) is 1.80. The summed E-state index contributed by atoms with van der Waals surface area (Å²) < 4.78 is 1.66. The largest absolute Gasteiger partial charge is 0.402 e. The lowest BCUT2D eigenvalue weighted by molar-refractivity contribution is 0.743. The number of hydrogen-bond acceptors (Lipinski definition) is 4. The molecule has 0 aliphatic rings. The van der Waals surface area contributed by atoms with E-state index in [1.165, 1.54) is 0 Å². The molecule has 0 saturated heterocycles. The van der Waals surface area contributed by atoms with Crippen molar-refractivity contribution in [2.75, 3.05) is 5.23 Å². The summed E-state index contributed by atoms with van der Waals surface area (Å²) in [6.07, 6.45) is 1.73. The van der Waals surface area contributed by atoms with E-state index in [9.17, 15) is 4.79 Å². The molecule has 0 fully saturated rings. The van der Waals surface area contributed by atoms with E-state index < -0.39 is 0 Å². The molecule has 17 heavy (non-hydrogen) atoms. The first kappa shape index (κ1) is 11.6. The Labute approximate surface area is 100 Å². The van der Waals surface area contributed by atoms with Crippen molar-refractivity contribution in [3.05, 3.63) is 28.2 Å². The lowest BCUT2D eigenvalue weighted by Gasteiger charge is -2.09. The molecular weight excluding hydrogens is 215 g/mol. The minimum atomic E-state index is 0.00475. The number of aromatic nitrogens is 3. The van der Waals surface area contributed by atoms with Gasteiger partial charge in [0, 0.05) is 23.7 Å². The molecule has 2 rings (SSSR count). The highest BCUT2D eigenvalue weighted by Crippen LogP contribution is 2.12. The highest BCUT2D eigenvalue weighted by atomic mass is 16.1. The lowest BCUT2D eigenvalue weighted by atomic mass is 10.0. The second-order valence-corrected chi connectivity index (χ2v) is 3.78. The fourth-order valence-corrected chi connectivity index (χ4v) is 1.80. The van der Waals surface area contributed by atoms with Crippen LogP contribution in [-0.4, -0.2) is 21.9 Å². The van der Waals surface area contributed by atoms with Crippen LogP contribution in [0.1, 0.15) is 12.5 Å². The summed E-state index contributed by atoms with van der Waals surface area (Å²) in [6.45, 7) is 6.19. The number of anilines is 1. The van der Waals surface area contributed by atoms with Crippen LogP contribution in [0.25, 0.3) is 11.0 Å². The molecule has 0 atom stereocenters. The summed E-state index contributed by atoms with van der Waals surface area (Å²) in [5.41, 5.74) is 1.39. The quantitative estimate of drug-likeness (QED) is 0.803. The monoisotopic (exact) mass is 229 g/mol. The van der Waals surface area contributed by atoms with Gasteiger partial charge in [-0.15, -0.1) is 0 Å². The van der Waals surface area contributed by atoms with Gasteiger partial charge in [0.25, 0.3) is 5.56 Å². The van der Waals surface area contributed by atoms with Crippen molar-refractivity contribution in [3.8, 4) is 0 Å². The SMILES string of the molecule is C[B]Nc1ncc2cc(C)c(=O)n(CC)c2n1. The highest BCUT2D eigenvalue weighted by molar-refractivity contribution is 6.38. The Hall–Kier alpha value is -1.85. The molecule has 2 aromatic rings. The van der Waals surface area contributed by atoms with Crippen LogP contribution in [0.4, 0.5) is 5.95 Å². The van der Waals surface area contributed by atoms with Gasteiger partial charge in [0.05, 0.1) is 0 Å². The van der Waals surface area contributed by atoms with Gasteiger partial charge in [0.15, 0.2) is 0 Å². The van der Waals surface area contributed by atoms with E-state index in [2.05, 4.69) is 15.2 Å². The molecule has 1 N–H and O–H groups in total. The van der Waals surface area contributed by atoms with E-state index in [1.54, 1.807) is 25.1 Å². The average molecular weight is 229 g/mol. The molecule has 1 radical (unpaired) electrons. The zero-order valence-corrected chi connectivity index (χ0v) is 10.2. The summed E-state index contributed by atoms with van der Waals surface area (Å²) in [7, 11) is 1.75. The van der Waals surface area contributed by atoms with E-state index in [1.807, 2.05) is 19.8 Å². The molecule has 0 aromatic carbocycles. The van der Waals surface area contributed by atoms with E-state index in [0.29, 0.717) is 23.7 Å². The van der Waals surface area contributed by atoms with Gasteiger partial charge in [0.2, 0.25) is 13.4 Å². The Bertz CT molecular complexity index is 608. The van der Waals surface area contributed by atoms with Crippen LogP contribution in [0.2, 0.25) is 6.82 Å². The molecule has 0 unspecified atom stereocenters. The number of fused-ring (bicyclic) bond motifs is 1. The molecule has 5 nitrogen and oxygen atoms in total. The van der Waals surface area contributed by atoms with Gasteiger partial charge in [0.1, 0.15) is 5.65 Å². The Kier molecular flexibility index (Phi) is 3.13. The normalized spacial score (nSPS) is 10.5. The van der Waals surface area contributed by atoms with Gasteiger partial charge in [-0.1, -0.05) is 6.82 Å². The van der Waals surface area contributed by atoms with Crippen LogP contribution in [0.5, 0.6) is 0 Å². The van der Waals surface area contributed by atoms with Gasteiger partial charge in [-0.3, -0.25) is 9.36 Å². The van der Waals surface area contributed by atoms with Crippen LogP contribution in [-0.2, 0) is 6.54 Å². The van der Waals surface area contributed by atoms with Crippen molar-refractivity contribution in [1.82, 2.24) is 14.5 Å². The molecule has 0 aliphatic carbocycles. The van der Waals surface area contributed by atoms with Crippen LogP contribution in [0.15, 0.2) is 17.1 Å². The van der Waals surface area contributed by atoms with Crippen LogP contribution in [0, 0.1) is 6.92 Å². The summed E-state index contributed by atoms with van der Waals surface area (Å²) in [4.78, 5) is 20.5. The van der Waals surface area contributed by atoms with Crippen LogP contribution < -0.4 is 10.8 Å². The van der Waals surface area contributed by atoms with Crippen molar-refractivity contribution in [1.29, 1.82) is 0 Å². The van der Waals surface area contributed by atoms with Crippen molar-refractivity contribution in [3.63, 3.8) is 0 Å². The Morgan fingerprint density at radius 1 is 1.53 bits per heavy atom. The molecule has 0 bridgehead atoms. The fraction of sp³-hybridized carbons (Fsp3) is 0.364. The predicted octanol–water partition coefficient (Wildman–Crippen LogP) is 1.20. The molecule has 0 spiro atoms. The van der Waals surface area contributed by atoms with E-state index in [0.717, 1.165) is 5.39 Å². The molecule has 0 saturated carbocycles. The molecule has 87 valence electrons. The van der Waals surface area contributed by atoms with Crippen molar-refractivity contribution in [2.24, 2.45) is 0 Å². The number of nitrogens with one attached hydrogen (secondary N) is 1. The number of rotatable bonds is 3. The lowest BCUT2D eigenvalue weighted by Crippen LogP contribution is -2.22. The van der Waals surface area contributed by atoms with E-state index in [4.69, 9.17) is 0 Å². The van der Waals surface area contributed by atoms with Crippen molar-refractivity contribution >= 4 is 24.4 Å². The first-order valence-electron chi connectivity index (χ1n) is 5.59. The van der Waals surface area contributed by atoms with Crippen molar-refractivity contribution in [2.45, 2.75) is 27.2 Å². The van der Waals surface area contributed by atoms with Gasteiger partial charge < -0.3 is 5.23 Å². The maximum Gasteiger partial charge on any atom is 0.255 e. The molecule has 2 aromatic heterocycles. The second kappa shape index (κ2) is 4.57. The zero-order valence-electron chi connectivity index (χ0n) is 10.2. The summed E-state index contributed by atoms with van der Waals surface area (Å²) in [6, 6.07) is 1.82. The summed E-state index contributed by atoms with van der Waals surface area (Å²) in [5, 5.41) is 3.80. The second-order valence-electron chi connectivity index (χ2n) is 3.78. The molecule has 0 amide bonds. The van der Waals surface area contributed by atoms with Crippen molar-refractivity contribution < 1.29 is 0 Å². The minimum absolute atomic E-state index is 0.00475. The first-order valence-corrected chi connectivity index (χ1v) is 5.59. The summed E-state index contributed by atoms with van der Waals surface area (Å²) in [5.74, 6) is 0.505. The third-order valence-electron chi connectivity index (χ3n) is 2.60. The molecule has 0 aliphatic heterocycles. The van der Waals surface area contributed by atoms with Crippen LogP contribution >= 0.6 is 0 Å². The van der Waals surface area contributed by atoms with Crippen LogP contribution in [0.3, 0.4) is 0 Å². The van der Waals surface area contributed by atoms with E-state index >= 15 is 0 Å². The number of hydrogen-bond donors (Lipinski definition) is 1. The average Bonchev–Trinajstić information content (AvgIpc) is 2.32. The summed E-state index contributed by atoms with van der Waals surface area (Å²) >= 11 is 0. The van der Waals surface area contributed by atoms with Gasteiger partial charge >= 0.3 is 0 Å².